The van der Waals surface area contributed by atoms with Crippen LogP contribution in [0, 0.1) is 0 Å². The van der Waals surface area contributed by atoms with E-state index >= 15 is 0 Å². The summed E-state index contributed by atoms with van der Waals surface area (Å²) in [7, 11) is 0. The van der Waals surface area contributed by atoms with Crippen LogP contribution in [0.25, 0.3) is 0 Å². The largest absolute Gasteiger partial charge is 0.350 e. The number of hydrogen-bond donors (Lipinski definition) is 1. The Labute approximate surface area is 156 Å². The standard InChI is InChI=1S/C23H28N2O/c26-22-23(17-20-12-4-5-13-21(20)18-24-22)14-6-7-15-25(23)16-8-11-19-9-2-1-3-10-19/h1-5,9-10,12-13H,6-8,11,14-18H2,(H,24,26). The van der Waals surface area contributed by atoms with Gasteiger partial charge in [0.1, 0.15) is 5.54 Å². The van der Waals surface area contributed by atoms with Crippen molar-refractivity contribution in [1.29, 1.82) is 0 Å². The first-order valence-corrected chi connectivity index (χ1v) is 9.92. The van der Waals surface area contributed by atoms with Crippen LogP contribution in [-0.2, 0) is 24.2 Å². The SMILES string of the molecule is O=C1NCc2ccccc2CC12CCCCN2CCCc1ccccc1. The molecule has 1 spiro atoms. The van der Waals surface area contributed by atoms with Crippen molar-refractivity contribution >= 4 is 5.91 Å². The number of nitrogens with one attached hydrogen (secondary N) is 1. The summed E-state index contributed by atoms with van der Waals surface area (Å²) in [5.41, 5.74) is 3.63. The molecule has 1 unspecified atom stereocenters. The summed E-state index contributed by atoms with van der Waals surface area (Å²) >= 11 is 0. The van der Waals surface area contributed by atoms with Crippen LogP contribution >= 0.6 is 0 Å². The second-order valence-corrected chi connectivity index (χ2v) is 7.69. The van der Waals surface area contributed by atoms with Crippen molar-refractivity contribution in [3.63, 3.8) is 0 Å². The molecule has 1 N–H and O–H groups in total. The number of benzene rings is 2. The van der Waals surface area contributed by atoms with E-state index in [9.17, 15) is 4.79 Å². The van der Waals surface area contributed by atoms with Crippen LogP contribution in [0.1, 0.15) is 42.4 Å². The summed E-state index contributed by atoms with van der Waals surface area (Å²) in [6, 6.07) is 19.2. The molecule has 26 heavy (non-hydrogen) atoms. The predicted octanol–water partition coefficient (Wildman–Crippen LogP) is 3.72. The summed E-state index contributed by atoms with van der Waals surface area (Å²) in [4.78, 5) is 15.6. The van der Waals surface area contributed by atoms with Gasteiger partial charge in [0.2, 0.25) is 5.91 Å². The number of likely N-dealkylation sites (tertiary alicyclic amines) is 1. The first-order chi connectivity index (χ1) is 12.8. The van der Waals surface area contributed by atoms with Gasteiger partial charge >= 0.3 is 0 Å². The lowest BCUT2D eigenvalue weighted by molar-refractivity contribution is -0.136. The minimum Gasteiger partial charge on any atom is -0.350 e. The molecule has 1 atom stereocenters. The van der Waals surface area contributed by atoms with Crippen molar-refractivity contribution in [3.05, 3.63) is 71.3 Å². The van der Waals surface area contributed by atoms with E-state index in [4.69, 9.17) is 0 Å². The third kappa shape index (κ3) is 3.41. The van der Waals surface area contributed by atoms with E-state index in [0.29, 0.717) is 6.54 Å². The molecule has 1 amide bonds. The third-order valence-electron chi connectivity index (χ3n) is 6.07. The van der Waals surface area contributed by atoms with Crippen LogP contribution in [0.5, 0.6) is 0 Å². The number of rotatable bonds is 4. The average molecular weight is 348 g/mol. The average Bonchev–Trinajstić information content (AvgIpc) is 2.82. The Morgan fingerprint density at radius 2 is 1.73 bits per heavy atom. The molecule has 0 aliphatic carbocycles. The molecule has 0 aromatic heterocycles. The molecule has 0 bridgehead atoms. The fourth-order valence-electron chi connectivity index (χ4n) is 4.63. The van der Waals surface area contributed by atoms with Gasteiger partial charge in [0.15, 0.2) is 0 Å². The van der Waals surface area contributed by atoms with Crippen molar-refractivity contribution in [2.45, 2.75) is 50.6 Å². The number of fused-ring (bicyclic) bond motifs is 1. The van der Waals surface area contributed by atoms with Gasteiger partial charge in [0, 0.05) is 13.0 Å². The molecule has 2 heterocycles. The van der Waals surface area contributed by atoms with Gasteiger partial charge in [0.05, 0.1) is 0 Å². The highest BCUT2D eigenvalue weighted by molar-refractivity contribution is 5.87. The summed E-state index contributed by atoms with van der Waals surface area (Å²) in [5.74, 6) is 0.230. The molecule has 0 radical (unpaired) electrons. The molecule has 3 heteroatoms. The van der Waals surface area contributed by atoms with Crippen LogP contribution < -0.4 is 5.32 Å². The van der Waals surface area contributed by atoms with E-state index in [1.165, 1.54) is 23.1 Å². The van der Waals surface area contributed by atoms with Gasteiger partial charge in [-0.2, -0.15) is 0 Å². The molecular formula is C23H28N2O. The Balaban J connectivity index is 1.52. The zero-order valence-electron chi connectivity index (χ0n) is 15.4. The Kier molecular flexibility index (Phi) is 5.07. The van der Waals surface area contributed by atoms with Crippen molar-refractivity contribution in [2.24, 2.45) is 0 Å². The van der Waals surface area contributed by atoms with E-state index < -0.39 is 0 Å². The van der Waals surface area contributed by atoms with Crippen LogP contribution in [0.2, 0.25) is 0 Å². The second kappa shape index (κ2) is 7.63. The van der Waals surface area contributed by atoms with Crippen LogP contribution in [0.3, 0.4) is 0 Å². The van der Waals surface area contributed by atoms with Gasteiger partial charge in [-0.05, 0) is 61.9 Å². The van der Waals surface area contributed by atoms with E-state index in [2.05, 4.69) is 64.8 Å². The minimum atomic E-state index is -0.360. The van der Waals surface area contributed by atoms with Crippen LogP contribution in [0.4, 0.5) is 0 Å². The number of carbonyl (C=O) groups excluding carboxylic acids is 1. The first-order valence-electron chi connectivity index (χ1n) is 9.92. The van der Waals surface area contributed by atoms with Gasteiger partial charge in [0.25, 0.3) is 0 Å². The quantitative estimate of drug-likeness (QED) is 0.913. The summed E-state index contributed by atoms with van der Waals surface area (Å²) in [6.45, 7) is 2.68. The summed E-state index contributed by atoms with van der Waals surface area (Å²) in [6.07, 6.45) is 6.33. The third-order valence-corrected chi connectivity index (χ3v) is 6.07. The Hall–Kier alpha value is -2.13. The molecule has 4 rings (SSSR count). The van der Waals surface area contributed by atoms with E-state index in [0.717, 1.165) is 45.2 Å². The highest BCUT2D eigenvalue weighted by Gasteiger charge is 2.46. The number of amides is 1. The number of hydrogen-bond acceptors (Lipinski definition) is 2. The molecule has 2 aliphatic heterocycles. The van der Waals surface area contributed by atoms with Gasteiger partial charge in [-0.15, -0.1) is 0 Å². The monoisotopic (exact) mass is 348 g/mol. The fourth-order valence-corrected chi connectivity index (χ4v) is 4.63. The lowest BCUT2D eigenvalue weighted by atomic mass is 9.80. The highest BCUT2D eigenvalue weighted by Crippen LogP contribution is 2.35. The second-order valence-electron chi connectivity index (χ2n) is 7.69. The maximum Gasteiger partial charge on any atom is 0.241 e. The molecule has 136 valence electrons. The van der Waals surface area contributed by atoms with Crippen LogP contribution in [0.15, 0.2) is 54.6 Å². The maximum absolute atomic E-state index is 13.2. The molecule has 2 aromatic rings. The van der Waals surface area contributed by atoms with Gasteiger partial charge in [-0.3, -0.25) is 9.69 Å². The highest BCUT2D eigenvalue weighted by atomic mass is 16.2. The van der Waals surface area contributed by atoms with Crippen molar-refractivity contribution in [1.82, 2.24) is 10.2 Å². The number of piperidine rings is 1. The summed E-state index contributed by atoms with van der Waals surface area (Å²) < 4.78 is 0. The lowest BCUT2D eigenvalue weighted by Gasteiger charge is -2.45. The normalized spacial score (nSPS) is 23.3. The Bertz CT molecular complexity index is 758. The van der Waals surface area contributed by atoms with Crippen molar-refractivity contribution < 1.29 is 4.79 Å². The first kappa shape index (κ1) is 17.3. The zero-order valence-corrected chi connectivity index (χ0v) is 15.4. The zero-order chi connectivity index (χ0) is 17.8. The smallest absolute Gasteiger partial charge is 0.241 e. The fraction of sp³-hybridized carbons (Fsp3) is 0.435. The van der Waals surface area contributed by atoms with E-state index in [1.807, 2.05) is 0 Å². The predicted molar refractivity (Wildman–Crippen MR) is 105 cm³/mol. The Morgan fingerprint density at radius 1 is 0.962 bits per heavy atom. The van der Waals surface area contributed by atoms with E-state index in [1.54, 1.807) is 0 Å². The minimum absolute atomic E-state index is 0.230. The molecule has 2 aliphatic rings. The molecule has 2 aromatic carbocycles. The Morgan fingerprint density at radius 3 is 2.58 bits per heavy atom. The number of carbonyl (C=O) groups is 1. The van der Waals surface area contributed by atoms with Crippen LogP contribution in [-0.4, -0.2) is 29.4 Å². The lowest BCUT2D eigenvalue weighted by Crippen LogP contribution is -2.61. The summed E-state index contributed by atoms with van der Waals surface area (Å²) in [5, 5.41) is 3.22. The topological polar surface area (TPSA) is 32.3 Å². The molecule has 3 nitrogen and oxygen atoms in total. The molecular weight excluding hydrogens is 320 g/mol. The van der Waals surface area contributed by atoms with Gasteiger partial charge in [-0.1, -0.05) is 54.6 Å². The molecule has 1 saturated heterocycles. The number of nitrogens with zero attached hydrogens (tertiary/aromatic N) is 1. The van der Waals surface area contributed by atoms with Gasteiger partial charge < -0.3 is 5.32 Å². The van der Waals surface area contributed by atoms with E-state index in [-0.39, 0.29) is 11.4 Å². The molecule has 1 fully saturated rings. The van der Waals surface area contributed by atoms with Crippen molar-refractivity contribution in [2.75, 3.05) is 13.1 Å². The number of aryl methyl sites for hydroxylation is 1. The van der Waals surface area contributed by atoms with Crippen molar-refractivity contribution in [3.8, 4) is 0 Å². The van der Waals surface area contributed by atoms with Gasteiger partial charge in [-0.25, -0.2) is 0 Å². The molecule has 0 saturated carbocycles. The maximum atomic E-state index is 13.2.